The van der Waals surface area contributed by atoms with Crippen molar-refractivity contribution in [2.24, 2.45) is 29.6 Å². The highest BCUT2D eigenvalue weighted by molar-refractivity contribution is 5.81. The Balaban J connectivity index is 1.77. The third-order valence-electron chi connectivity index (χ3n) is 6.67. The summed E-state index contributed by atoms with van der Waals surface area (Å²) in [5.41, 5.74) is 0. The lowest BCUT2D eigenvalue weighted by Gasteiger charge is -2.47. The number of fused-ring (bicyclic) bond motifs is 2. The Kier molecular flexibility index (Phi) is 3.05. The molecule has 1 saturated carbocycles. The van der Waals surface area contributed by atoms with Gasteiger partial charge in [0.05, 0.1) is 5.92 Å². The summed E-state index contributed by atoms with van der Waals surface area (Å²) >= 11 is 0. The van der Waals surface area contributed by atoms with Crippen LogP contribution < -0.4 is 0 Å². The molecule has 4 heteroatoms. The van der Waals surface area contributed by atoms with Gasteiger partial charge in [-0.3, -0.25) is 9.59 Å². The molecule has 0 aromatic carbocycles. The zero-order valence-corrected chi connectivity index (χ0v) is 13.0. The first-order chi connectivity index (χ1) is 10.1. The standard InChI is InChI=1S/C17H25NO3/c1-3-10-11-6-4-5-7-18-13(19)8-12(15(11)18)14-9(2)17(20)21-16(10)14/h9-12,14-16H,3-8H2,1-2H3/t9-,10+,11+,12+,14+,15+,16-/m1/s1. The average molecular weight is 291 g/mol. The van der Waals surface area contributed by atoms with E-state index in [0.717, 1.165) is 19.4 Å². The minimum absolute atomic E-state index is 0.0361. The first-order valence-electron chi connectivity index (χ1n) is 8.63. The minimum atomic E-state index is -0.0363. The molecule has 3 heterocycles. The normalized spacial score (nSPS) is 48.7. The first kappa shape index (κ1) is 13.6. The van der Waals surface area contributed by atoms with Gasteiger partial charge in [-0.1, -0.05) is 20.3 Å². The third kappa shape index (κ3) is 1.74. The van der Waals surface area contributed by atoms with E-state index in [0.29, 0.717) is 36.1 Å². The van der Waals surface area contributed by atoms with Gasteiger partial charge in [-0.05, 0) is 31.1 Å². The molecule has 116 valence electrons. The van der Waals surface area contributed by atoms with Gasteiger partial charge in [-0.25, -0.2) is 0 Å². The molecule has 1 aliphatic carbocycles. The topological polar surface area (TPSA) is 46.6 Å². The minimum Gasteiger partial charge on any atom is -0.462 e. The van der Waals surface area contributed by atoms with Gasteiger partial charge in [0.25, 0.3) is 0 Å². The van der Waals surface area contributed by atoms with Crippen LogP contribution in [0.2, 0.25) is 0 Å². The van der Waals surface area contributed by atoms with Crippen LogP contribution in [0.5, 0.6) is 0 Å². The van der Waals surface area contributed by atoms with Crippen LogP contribution >= 0.6 is 0 Å². The van der Waals surface area contributed by atoms with Crippen LogP contribution in [-0.4, -0.2) is 35.5 Å². The van der Waals surface area contributed by atoms with Crippen LogP contribution in [0, 0.1) is 29.6 Å². The molecule has 3 saturated heterocycles. The number of esters is 1. The first-order valence-corrected chi connectivity index (χ1v) is 8.63. The highest BCUT2D eigenvalue weighted by atomic mass is 16.6. The molecule has 7 atom stereocenters. The highest BCUT2D eigenvalue weighted by Crippen LogP contribution is 2.55. The molecule has 1 amide bonds. The van der Waals surface area contributed by atoms with Crippen molar-refractivity contribution in [3.63, 3.8) is 0 Å². The smallest absolute Gasteiger partial charge is 0.309 e. The predicted molar refractivity (Wildman–Crippen MR) is 77.3 cm³/mol. The Morgan fingerprint density at radius 1 is 1.24 bits per heavy atom. The molecule has 0 radical (unpaired) electrons. The number of carbonyl (C=O) groups excluding carboxylic acids is 2. The van der Waals surface area contributed by atoms with Crippen LogP contribution in [0.1, 0.15) is 46.0 Å². The van der Waals surface area contributed by atoms with Crippen LogP contribution in [0.3, 0.4) is 0 Å². The summed E-state index contributed by atoms with van der Waals surface area (Å²) in [5.74, 6) is 1.83. The van der Waals surface area contributed by atoms with Crippen LogP contribution in [0.4, 0.5) is 0 Å². The molecule has 4 rings (SSSR count). The average Bonchev–Trinajstić information content (AvgIpc) is 2.82. The molecule has 0 bridgehead atoms. The number of hydrogen-bond acceptors (Lipinski definition) is 3. The number of amides is 1. The summed E-state index contributed by atoms with van der Waals surface area (Å²) in [7, 11) is 0. The molecule has 4 fully saturated rings. The second kappa shape index (κ2) is 4.72. The van der Waals surface area contributed by atoms with E-state index in [1.807, 2.05) is 6.92 Å². The zero-order valence-electron chi connectivity index (χ0n) is 13.0. The van der Waals surface area contributed by atoms with Gasteiger partial charge in [-0.15, -0.1) is 0 Å². The number of rotatable bonds is 1. The molecule has 4 nitrogen and oxygen atoms in total. The third-order valence-corrected chi connectivity index (χ3v) is 6.67. The van der Waals surface area contributed by atoms with Gasteiger partial charge < -0.3 is 9.64 Å². The number of ether oxygens (including phenoxy) is 1. The number of carbonyl (C=O) groups is 2. The van der Waals surface area contributed by atoms with Crippen molar-refractivity contribution >= 4 is 11.9 Å². The quantitative estimate of drug-likeness (QED) is 0.696. The fourth-order valence-electron chi connectivity index (χ4n) is 5.85. The zero-order chi connectivity index (χ0) is 14.7. The molecule has 0 N–H and O–H groups in total. The van der Waals surface area contributed by atoms with E-state index < -0.39 is 0 Å². The summed E-state index contributed by atoms with van der Waals surface area (Å²) < 4.78 is 5.79. The molecule has 0 aromatic rings. The summed E-state index contributed by atoms with van der Waals surface area (Å²) in [6.07, 6.45) is 5.28. The maximum atomic E-state index is 12.5. The lowest BCUT2D eigenvalue weighted by atomic mass is 9.60. The van der Waals surface area contributed by atoms with Crippen molar-refractivity contribution in [3.8, 4) is 0 Å². The van der Waals surface area contributed by atoms with E-state index in [1.54, 1.807) is 0 Å². The van der Waals surface area contributed by atoms with Crippen molar-refractivity contribution in [1.29, 1.82) is 0 Å². The molecule has 0 unspecified atom stereocenters. The maximum Gasteiger partial charge on any atom is 0.309 e. The van der Waals surface area contributed by atoms with Crippen molar-refractivity contribution in [1.82, 2.24) is 4.90 Å². The van der Waals surface area contributed by atoms with E-state index in [2.05, 4.69) is 11.8 Å². The lowest BCUT2D eigenvalue weighted by molar-refractivity contribution is -0.148. The second-order valence-electron chi connectivity index (χ2n) is 7.44. The van der Waals surface area contributed by atoms with E-state index in [4.69, 9.17) is 4.74 Å². The predicted octanol–water partition coefficient (Wildman–Crippen LogP) is 2.22. The summed E-state index contributed by atoms with van der Waals surface area (Å²) in [6, 6.07) is 0.378. The van der Waals surface area contributed by atoms with Crippen molar-refractivity contribution in [2.45, 2.75) is 58.1 Å². The van der Waals surface area contributed by atoms with Crippen molar-refractivity contribution in [3.05, 3.63) is 0 Å². The molecule has 3 aliphatic heterocycles. The van der Waals surface area contributed by atoms with Crippen LogP contribution in [0.25, 0.3) is 0 Å². The van der Waals surface area contributed by atoms with E-state index in [-0.39, 0.29) is 23.9 Å². The molecular formula is C17H25NO3. The fraction of sp³-hybridized carbons (Fsp3) is 0.882. The Labute approximate surface area is 126 Å². The fourth-order valence-corrected chi connectivity index (χ4v) is 5.85. The summed E-state index contributed by atoms with van der Waals surface area (Å²) in [4.78, 5) is 26.8. The summed E-state index contributed by atoms with van der Waals surface area (Å²) in [6.45, 7) is 5.14. The van der Waals surface area contributed by atoms with Crippen LogP contribution in [0.15, 0.2) is 0 Å². The van der Waals surface area contributed by atoms with E-state index >= 15 is 0 Å². The number of hydrogen-bond donors (Lipinski definition) is 0. The molecule has 0 spiro atoms. The molecule has 4 aliphatic rings. The summed E-state index contributed by atoms with van der Waals surface area (Å²) in [5, 5.41) is 0. The van der Waals surface area contributed by atoms with Crippen molar-refractivity contribution < 1.29 is 14.3 Å². The van der Waals surface area contributed by atoms with Gasteiger partial charge in [-0.2, -0.15) is 0 Å². The van der Waals surface area contributed by atoms with Gasteiger partial charge in [0.1, 0.15) is 6.10 Å². The second-order valence-corrected chi connectivity index (χ2v) is 7.44. The molecule has 21 heavy (non-hydrogen) atoms. The molecular weight excluding hydrogens is 266 g/mol. The van der Waals surface area contributed by atoms with Crippen molar-refractivity contribution in [2.75, 3.05) is 6.54 Å². The number of nitrogens with zero attached hydrogens (tertiary/aromatic N) is 1. The Hall–Kier alpha value is -1.06. The van der Waals surface area contributed by atoms with E-state index in [9.17, 15) is 9.59 Å². The van der Waals surface area contributed by atoms with Gasteiger partial charge in [0, 0.05) is 30.8 Å². The van der Waals surface area contributed by atoms with Gasteiger partial charge in [0.15, 0.2) is 0 Å². The Bertz CT molecular complexity index is 477. The molecule has 0 aromatic heterocycles. The van der Waals surface area contributed by atoms with Gasteiger partial charge >= 0.3 is 5.97 Å². The SMILES string of the molecule is CC[C@H]1[C@@H]2CCCCN3C(=O)C[C@@H]([C@H]4[C@@H]1OC(=O)[C@@H]4C)[C@H]23. The Morgan fingerprint density at radius 2 is 2.05 bits per heavy atom. The lowest BCUT2D eigenvalue weighted by Crippen LogP contribution is -2.53. The van der Waals surface area contributed by atoms with Gasteiger partial charge in [0.2, 0.25) is 5.91 Å². The Morgan fingerprint density at radius 3 is 2.81 bits per heavy atom. The van der Waals surface area contributed by atoms with E-state index in [1.165, 1.54) is 12.8 Å². The maximum absolute atomic E-state index is 12.5. The largest absolute Gasteiger partial charge is 0.462 e. The van der Waals surface area contributed by atoms with Crippen LogP contribution in [-0.2, 0) is 14.3 Å². The monoisotopic (exact) mass is 291 g/mol. The highest BCUT2D eigenvalue weighted by Gasteiger charge is 2.62.